The molecule has 3 heteroatoms. The molecule has 0 saturated heterocycles. The van der Waals surface area contributed by atoms with Crippen LogP contribution < -0.4 is 5.73 Å². The second-order valence-corrected chi connectivity index (χ2v) is 5.41. The number of anilines is 1. The summed E-state index contributed by atoms with van der Waals surface area (Å²) in [6, 6.07) is 18.5. The molecule has 2 N–H and O–H groups in total. The first kappa shape index (κ1) is 13.6. The van der Waals surface area contributed by atoms with Gasteiger partial charge in [0.1, 0.15) is 0 Å². The average molecular weight is 277 g/mol. The van der Waals surface area contributed by atoms with Gasteiger partial charge in [0.25, 0.3) is 0 Å². The van der Waals surface area contributed by atoms with Crippen LogP contribution >= 0.6 is 0 Å². The van der Waals surface area contributed by atoms with Crippen molar-refractivity contribution in [2.24, 2.45) is 0 Å². The first-order chi connectivity index (χ1) is 10.2. The van der Waals surface area contributed by atoms with Gasteiger partial charge >= 0.3 is 0 Å². The van der Waals surface area contributed by atoms with E-state index in [1.54, 1.807) is 0 Å². The van der Waals surface area contributed by atoms with Gasteiger partial charge in [-0.05, 0) is 36.4 Å². The molecule has 3 rings (SSSR count). The molecule has 0 spiro atoms. The molecule has 1 aromatic heterocycles. The van der Waals surface area contributed by atoms with Crippen molar-refractivity contribution >= 4 is 16.6 Å². The molecule has 0 radical (unpaired) electrons. The van der Waals surface area contributed by atoms with E-state index in [0.29, 0.717) is 0 Å². The minimum Gasteiger partial charge on any atom is -0.399 e. The lowest BCUT2D eigenvalue weighted by molar-refractivity contribution is 0.320. The molecule has 0 atom stereocenters. The Bertz CT molecular complexity index is 730. The Balaban J connectivity index is 1.77. The summed E-state index contributed by atoms with van der Waals surface area (Å²) in [7, 11) is 2.12. The third-order valence-corrected chi connectivity index (χ3v) is 3.59. The molecule has 106 valence electrons. The van der Waals surface area contributed by atoms with E-state index in [2.05, 4.69) is 53.3 Å². The normalized spacial score (nSPS) is 11.1. The standard InChI is InChI=1S/C18H19N3/c1-21(12-14-7-9-17(19)10-8-14)13-16-5-2-4-15-6-3-11-20-18(15)16/h2-11H,12-13,19H2,1H3. The van der Waals surface area contributed by atoms with Crippen molar-refractivity contribution in [1.82, 2.24) is 9.88 Å². The summed E-state index contributed by atoms with van der Waals surface area (Å²) < 4.78 is 0. The minimum absolute atomic E-state index is 0.805. The van der Waals surface area contributed by atoms with Crippen LogP contribution in [0.5, 0.6) is 0 Å². The first-order valence-electron chi connectivity index (χ1n) is 7.08. The summed E-state index contributed by atoms with van der Waals surface area (Å²) in [5.74, 6) is 0. The zero-order chi connectivity index (χ0) is 14.7. The Kier molecular flexibility index (Phi) is 3.84. The first-order valence-corrected chi connectivity index (χ1v) is 7.08. The van der Waals surface area contributed by atoms with Gasteiger partial charge < -0.3 is 5.73 Å². The maximum atomic E-state index is 5.72. The Morgan fingerprint density at radius 1 is 0.952 bits per heavy atom. The maximum absolute atomic E-state index is 5.72. The van der Waals surface area contributed by atoms with Crippen molar-refractivity contribution in [2.75, 3.05) is 12.8 Å². The predicted octanol–water partition coefficient (Wildman–Crippen LogP) is 3.45. The molecule has 0 bridgehead atoms. The van der Waals surface area contributed by atoms with Crippen molar-refractivity contribution in [3.05, 3.63) is 71.9 Å². The summed E-state index contributed by atoms with van der Waals surface area (Å²) in [5.41, 5.74) is 10.1. The van der Waals surface area contributed by atoms with Crippen LogP contribution in [0.4, 0.5) is 5.69 Å². The zero-order valence-electron chi connectivity index (χ0n) is 12.2. The van der Waals surface area contributed by atoms with Crippen LogP contribution in [0.3, 0.4) is 0 Å². The lowest BCUT2D eigenvalue weighted by atomic mass is 10.1. The monoisotopic (exact) mass is 277 g/mol. The van der Waals surface area contributed by atoms with E-state index in [4.69, 9.17) is 5.73 Å². The molecule has 0 saturated carbocycles. The van der Waals surface area contributed by atoms with E-state index < -0.39 is 0 Å². The molecule has 0 fully saturated rings. The van der Waals surface area contributed by atoms with Gasteiger partial charge in [0.05, 0.1) is 5.52 Å². The topological polar surface area (TPSA) is 42.1 Å². The van der Waals surface area contributed by atoms with Gasteiger partial charge in [0, 0.05) is 30.4 Å². The molecule has 1 heterocycles. The fourth-order valence-electron chi connectivity index (χ4n) is 2.58. The van der Waals surface area contributed by atoms with Crippen molar-refractivity contribution in [3.63, 3.8) is 0 Å². The molecule has 0 aliphatic heterocycles. The molecule has 21 heavy (non-hydrogen) atoms. The Morgan fingerprint density at radius 2 is 1.71 bits per heavy atom. The predicted molar refractivity (Wildman–Crippen MR) is 87.8 cm³/mol. The van der Waals surface area contributed by atoms with Gasteiger partial charge in [-0.25, -0.2) is 0 Å². The fourth-order valence-corrected chi connectivity index (χ4v) is 2.58. The van der Waals surface area contributed by atoms with Gasteiger partial charge in [-0.15, -0.1) is 0 Å². The molecule has 3 nitrogen and oxygen atoms in total. The summed E-state index contributed by atoms with van der Waals surface area (Å²) >= 11 is 0. The quantitative estimate of drug-likeness (QED) is 0.743. The third-order valence-electron chi connectivity index (χ3n) is 3.59. The smallest absolute Gasteiger partial charge is 0.0746 e. The third kappa shape index (κ3) is 3.20. The van der Waals surface area contributed by atoms with Crippen LogP contribution in [0.2, 0.25) is 0 Å². The van der Waals surface area contributed by atoms with E-state index in [1.807, 2.05) is 24.4 Å². The van der Waals surface area contributed by atoms with Gasteiger partial charge in [0.2, 0.25) is 0 Å². The number of pyridine rings is 1. The minimum atomic E-state index is 0.805. The molecule has 0 unspecified atom stereocenters. The highest BCUT2D eigenvalue weighted by molar-refractivity contribution is 5.81. The van der Waals surface area contributed by atoms with Crippen LogP contribution in [-0.2, 0) is 13.1 Å². The number of rotatable bonds is 4. The summed E-state index contributed by atoms with van der Waals surface area (Å²) in [6.07, 6.45) is 1.85. The van der Waals surface area contributed by atoms with E-state index in [9.17, 15) is 0 Å². The van der Waals surface area contributed by atoms with Gasteiger partial charge in [-0.3, -0.25) is 9.88 Å². The van der Waals surface area contributed by atoms with Crippen LogP contribution in [0, 0.1) is 0 Å². The molecular formula is C18H19N3. The second-order valence-electron chi connectivity index (χ2n) is 5.41. The molecule has 0 aliphatic carbocycles. The number of nitrogens with two attached hydrogens (primary N) is 1. The Morgan fingerprint density at radius 3 is 2.52 bits per heavy atom. The Labute approximate surface area is 125 Å². The largest absolute Gasteiger partial charge is 0.399 e. The van der Waals surface area contributed by atoms with E-state index >= 15 is 0 Å². The lowest BCUT2D eigenvalue weighted by Crippen LogP contribution is -2.17. The van der Waals surface area contributed by atoms with Gasteiger partial charge in [-0.1, -0.05) is 36.4 Å². The van der Waals surface area contributed by atoms with Crippen molar-refractivity contribution in [2.45, 2.75) is 13.1 Å². The van der Waals surface area contributed by atoms with Crippen LogP contribution in [0.15, 0.2) is 60.8 Å². The fraction of sp³-hybridized carbons (Fsp3) is 0.167. The number of nitrogen functional groups attached to an aromatic ring is 1. The highest BCUT2D eigenvalue weighted by atomic mass is 15.1. The molecule has 2 aromatic carbocycles. The van der Waals surface area contributed by atoms with E-state index in [0.717, 1.165) is 24.3 Å². The number of hydrogen-bond donors (Lipinski definition) is 1. The number of nitrogens with zero attached hydrogens (tertiary/aromatic N) is 2. The number of para-hydroxylation sites is 1. The Hall–Kier alpha value is -2.39. The summed E-state index contributed by atoms with van der Waals surface area (Å²) in [4.78, 5) is 6.80. The van der Waals surface area contributed by atoms with Gasteiger partial charge in [0.15, 0.2) is 0 Å². The summed E-state index contributed by atoms with van der Waals surface area (Å²) in [5, 5.41) is 1.19. The SMILES string of the molecule is CN(Cc1ccc(N)cc1)Cc1cccc2cccnc12. The van der Waals surface area contributed by atoms with E-state index in [1.165, 1.54) is 16.5 Å². The number of fused-ring (bicyclic) bond motifs is 1. The summed E-state index contributed by atoms with van der Waals surface area (Å²) in [6.45, 7) is 1.77. The second kappa shape index (κ2) is 5.94. The zero-order valence-corrected chi connectivity index (χ0v) is 12.2. The number of aromatic nitrogens is 1. The lowest BCUT2D eigenvalue weighted by Gasteiger charge is -2.17. The highest BCUT2D eigenvalue weighted by Crippen LogP contribution is 2.18. The number of benzene rings is 2. The molecule has 0 amide bonds. The van der Waals surface area contributed by atoms with Crippen molar-refractivity contribution in [1.29, 1.82) is 0 Å². The van der Waals surface area contributed by atoms with Crippen LogP contribution in [0.1, 0.15) is 11.1 Å². The van der Waals surface area contributed by atoms with Crippen molar-refractivity contribution < 1.29 is 0 Å². The maximum Gasteiger partial charge on any atom is 0.0746 e. The average Bonchev–Trinajstić information content (AvgIpc) is 2.50. The molecule has 0 aliphatic rings. The number of hydrogen-bond acceptors (Lipinski definition) is 3. The molecule has 3 aromatic rings. The van der Waals surface area contributed by atoms with Gasteiger partial charge in [-0.2, -0.15) is 0 Å². The highest BCUT2D eigenvalue weighted by Gasteiger charge is 2.06. The van der Waals surface area contributed by atoms with Crippen LogP contribution in [-0.4, -0.2) is 16.9 Å². The van der Waals surface area contributed by atoms with Crippen LogP contribution in [0.25, 0.3) is 10.9 Å². The van der Waals surface area contributed by atoms with Crippen molar-refractivity contribution in [3.8, 4) is 0 Å². The van der Waals surface area contributed by atoms with E-state index in [-0.39, 0.29) is 0 Å². The molecular weight excluding hydrogens is 258 g/mol.